The standard InChI is InChI=1S/C15H15ClFN3O2S/c16-12-7-11(17)2-1-10(12)8-15(3-5-22-6-4-15)19-14(21)13-9-18-20-23-13/h1-2,7,9H,3-6,8H2,(H,19,21). The van der Waals surface area contributed by atoms with Crippen LogP contribution in [0, 0.1) is 5.82 Å². The number of carbonyl (C=O) groups is 1. The zero-order chi connectivity index (χ0) is 16.3. The van der Waals surface area contributed by atoms with Gasteiger partial charge in [0, 0.05) is 23.8 Å². The van der Waals surface area contributed by atoms with Crippen LogP contribution in [0.2, 0.25) is 5.02 Å². The van der Waals surface area contributed by atoms with Crippen LogP contribution in [-0.2, 0) is 11.2 Å². The highest BCUT2D eigenvalue weighted by molar-refractivity contribution is 7.07. The summed E-state index contributed by atoms with van der Waals surface area (Å²) in [6.45, 7) is 1.11. The molecule has 0 unspecified atom stereocenters. The van der Waals surface area contributed by atoms with Gasteiger partial charge in [-0.1, -0.05) is 22.2 Å². The average Bonchev–Trinajstić information content (AvgIpc) is 3.06. The third kappa shape index (κ3) is 3.85. The monoisotopic (exact) mass is 355 g/mol. The fourth-order valence-electron chi connectivity index (χ4n) is 2.71. The molecule has 2 aromatic rings. The van der Waals surface area contributed by atoms with Gasteiger partial charge in [0.15, 0.2) is 0 Å². The number of amides is 1. The maximum Gasteiger partial charge on any atom is 0.265 e. The summed E-state index contributed by atoms with van der Waals surface area (Å²) in [5, 5.41) is 7.14. The molecule has 0 saturated carbocycles. The van der Waals surface area contributed by atoms with E-state index in [1.807, 2.05) is 0 Å². The molecule has 23 heavy (non-hydrogen) atoms. The summed E-state index contributed by atoms with van der Waals surface area (Å²) in [4.78, 5) is 12.9. The van der Waals surface area contributed by atoms with Crippen molar-refractivity contribution in [1.29, 1.82) is 0 Å². The van der Waals surface area contributed by atoms with Gasteiger partial charge in [-0.15, -0.1) is 5.10 Å². The number of carbonyl (C=O) groups excluding carboxylic acids is 1. The van der Waals surface area contributed by atoms with Crippen LogP contribution in [0.1, 0.15) is 28.1 Å². The quantitative estimate of drug-likeness (QED) is 0.916. The third-order valence-corrected chi connectivity index (χ3v) is 4.97. The number of halogens is 2. The van der Waals surface area contributed by atoms with Crippen molar-refractivity contribution in [3.05, 3.63) is 45.7 Å². The smallest absolute Gasteiger partial charge is 0.265 e. The molecule has 1 aromatic carbocycles. The summed E-state index contributed by atoms with van der Waals surface area (Å²) in [7, 11) is 0. The lowest BCUT2D eigenvalue weighted by atomic mass is 9.83. The number of aromatic nitrogens is 2. The van der Waals surface area contributed by atoms with E-state index >= 15 is 0 Å². The Kier molecular flexibility index (Phi) is 4.89. The number of nitrogens with one attached hydrogen (secondary N) is 1. The molecule has 5 nitrogen and oxygen atoms in total. The lowest BCUT2D eigenvalue weighted by Gasteiger charge is -2.38. The molecular weight excluding hydrogens is 341 g/mol. The first-order chi connectivity index (χ1) is 11.1. The lowest BCUT2D eigenvalue weighted by Crippen LogP contribution is -2.53. The van der Waals surface area contributed by atoms with Crippen molar-refractivity contribution in [2.24, 2.45) is 0 Å². The van der Waals surface area contributed by atoms with Gasteiger partial charge in [-0.3, -0.25) is 4.79 Å². The number of hydrogen-bond donors (Lipinski definition) is 1. The zero-order valence-corrected chi connectivity index (χ0v) is 13.8. The van der Waals surface area contributed by atoms with E-state index in [9.17, 15) is 9.18 Å². The maximum absolute atomic E-state index is 13.2. The Labute approximate surface area is 142 Å². The third-order valence-electron chi connectivity index (χ3n) is 3.96. The SMILES string of the molecule is O=C(NC1(Cc2ccc(F)cc2Cl)CCOCC1)c1cnns1. The van der Waals surface area contributed by atoms with Crippen LogP contribution in [0.3, 0.4) is 0 Å². The van der Waals surface area contributed by atoms with Gasteiger partial charge < -0.3 is 10.1 Å². The van der Waals surface area contributed by atoms with E-state index in [1.165, 1.54) is 18.3 Å². The van der Waals surface area contributed by atoms with Gasteiger partial charge in [-0.25, -0.2) is 4.39 Å². The van der Waals surface area contributed by atoms with E-state index in [0.29, 0.717) is 42.4 Å². The van der Waals surface area contributed by atoms with Crippen molar-refractivity contribution < 1.29 is 13.9 Å². The molecule has 1 aliphatic rings. The minimum Gasteiger partial charge on any atom is -0.381 e. The molecule has 1 amide bonds. The van der Waals surface area contributed by atoms with Crippen molar-refractivity contribution in [3.8, 4) is 0 Å². The minimum atomic E-state index is -0.471. The first-order valence-corrected chi connectivity index (χ1v) is 8.35. The number of hydrogen-bond acceptors (Lipinski definition) is 5. The normalized spacial score (nSPS) is 17.0. The van der Waals surface area contributed by atoms with Gasteiger partial charge in [-0.2, -0.15) is 0 Å². The highest BCUT2D eigenvalue weighted by Crippen LogP contribution is 2.29. The number of ether oxygens (including phenoxy) is 1. The Bertz CT molecular complexity index is 690. The second-order valence-electron chi connectivity index (χ2n) is 5.54. The fourth-order valence-corrected chi connectivity index (χ4v) is 3.35. The van der Waals surface area contributed by atoms with Crippen LogP contribution in [0.15, 0.2) is 24.4 Å². The second kappa shape index (κ2) is 6.90. The van der Waals surface area contributed by atoms with E-state index in [2.05, 4.69) is 14.9 Å². The largest absolute Gasteiger partial charge is 0.381 e. The Morgan fingerprint density at radius 1 is 1.43 bits per heavy atom. The summed E-state index contributed by atoms with van der Waals surface area (Å²) >= 11 is 7.19. The van der Waals surface area contributed by atoms with Crippen LogP contribution in [0.4, 0.5) is 4.39 Å². The molecule has 1 saturated heterocycles. The molecule has 3 rings (SSSR count). The molecule has 0 spiro atoms. The molecule has 0 aliphatic carbocycles. The van der Waals surface area contributed by atoms with E-state index in [4.69, 9.17) is 16.3 Å². The Morgan fingerprint density at radius 2 is 2.22 bits per heavy atom. The molecule has 122 valence electrons. The molecule has 0 radical (unpaired) electrons. The number of benzene rings is 1. The predicted molar refractivity (Wildman–Crippen MR) is 85.3 cm³/mol. The van der Waals surface area contributed by atoms with Crippen LogP contribution in [-0.4, -0.2) is 34.2 Å². The fraction of sp³-hybridized carbons (Fsp3) is 0.400. The van der Waals surface area contributed by atoms with Crippen LogP contribution in [0.5, 0.6) is 0 Å². The summed E-state index contributed by atoms with van der Waals surface area (Å²) in [6, 6.07) is 4.33. The van der Waals surface area contributed by atoms with Crippen molar-refractivity contribution in [1.82, 2.24) is 14.9 Å². The van der Waals surface area contributed by atoms with Gasteiger partial charge in [0.25, 0.3) is 5.91 Å². The molecule has 1 N–H and O–H groups in total. The minimum absolute atomic E-state index is 0.208. The summed E-state index contributed by atoms with van der Waals surface area (Å²) in [6.07, 6.45) is 3.29. The topological polar surface area (TPSA) is 64.1 Å². The molecular formula is C15H15ClFN3O2S. The van der Waals surface area contributed by atoms with Gasteiger partial charge in [0.05, 0.1) is 6.20 Å². The van der Waals surface area contributed by atoms with Gasteiger partial charge >= 0.3 is 0 Å². The first kappa shape index (κ1) is 16.3. The van der Waals surface area contributed by atoms with E-state index in [-0.39, 0.29) is 11.7 Å². The van der Waals surface area contributed by atoms with Crippen LogP contribution in [0.25, 0.3) is 0 Å². The summed E-state index contributed by atoms with van der Waals surface area (Å²) in [5.41, 5.74) is 0.332. The molecule has 2 heterocycles. The molecule has 1 aliphatic heterocycles. The van der Waals surface area contributed by atoms with Gasteiger partial charge in [0.2, 0.25) is 0 Å². The van der Waals surface area contributed by atoms with E-state index in [1.54, 1.807) is 6.07 Å². The van der Waals surface area contributed by atoms with Crippen molar-refractivity contribution in [2.75, 3.05) is 13.2 Å². The molecule has 0 atom stereocenters. The molecule has 1 aromatic heterocycles. The maximum atomic E-state index is 13.2. The van der Waals surface area contributed by atoms with E-state index in [0.717, 1.165) is 17.1 Å². The zero-order valence-electron chi connectivity index (χ0n) is 12.2. The Balaban J connectivity index is 1.83. The number of rotatable bonds is 4. The van der Waals surface area contributed by atoms with Crippen LogP contribution >= 0.6 is 23.1 Å². The highest BCUT2D eigenvalue weighted by atomic mass is 35.5. The van der Waals surface area contributed by atoms with Crippen molar-refractivity contribution >= 4 is 29.0 Å². The van der Waals surface area contributed by atoms with Crippen molar-refractivity contribution in [3.63, 3.8) is 0 Å². The predicted octanol–water partition coefficient (Wildman–Crippen LogP) is 2.85. The summed E-state index contributed by atoms with van der Waals surface area (Å²) in [5.74, 6) is -0.584. The molecule has 8 heteroatoms. The highest BCUT2D eigenvalue weighted by Gasteiger charge is 2.35. The van der Waals surface area contributed by atoms with Gasteiger partial charge in [-0.05, 0) is 48.5 Å². The van der Waals surface area contributed by atoms with E-state index < -0.39 is 5.54 Å². The average molecular weight is 356 g/mol. The van der Waals surface area contributed by atoms with Gasteiger partial charge in [0.1, 0.15) is 10.7 Å². The lowest BCUT2D eigenvalue weighted by molar-refractivity contribution is 0.0361. The summed E-state index contributed by atoms with van der Waals surface area (Å²) < 4.78 is 22.4. The number of nitrogens with zero attached hydrogens (tertiary/aromatic N) is 2. The van der Waals surface area contributed by atoms with Crippen molar-refractivity contribution in [2.45, 2.75) is 24.8 Å². The second-order valence-corrected chi connectivity index (χ2v) is 6.73. The molecule has 1 fully saturated rings. The first-order valence-electron chi connectivity index (χ1n) is 7.20. The van der Waals surface area contributed by atoms with Crippen LogP contribution < -0.4 is 5.32 Å². The Hall–Kier alpha value is -1.57. The Morgan fingerprint density at radius 3 is 2.87 bits per heavy atom. The molecule has 0 bridgehead atoms.